The first-order valence-corrected chi connectivity index (χ1v) is 8.80. The molecule has 5 nitrogen and oxygen atoms in total. The van der Waals surface area contributed by atoms with Gasteiger partial charge in [-0.05, 0) is 42.8 Å². The fraction of sp³-hybridized carbons (Fsp3) is 0.231. The Morgan fingerprint density at radius 3 is 2.57 bits per heavy atom. The van der Waals surface area contributed by atoms with Crippen LogP contribution in [0.2, 0.25) is 4.34 Å². The van der Waals surface area contributed by atoms with Crippen molar-refractivity contribution >= 4 is 38.6 Å². The number of nitrogens with two attached hydrogens (primary N) is 1. The zero-order valence-corrected chi connectivity index (χ0v) is 13.7. The molecule has 2 rings (SSSR count). The van der Waals surface area contributed by atoms with Crippen LogP contribution in [-0.2, 0) is 10.0 Å². The third kappa shape index (κ3) is 4.34. The molecule has 1 aromatic carbocycles. The number of benzene rings is 1. The average Bonchev–Trinajstić information content (AvgIpc) is 2.78. The number of nitrogens with one attached hydrogen (secondary N) is 1. The molecule has 0 spiro atoms. The van der Waals surface area contributed by atoms with Gasteiger partial charge in [-0.25, -0.2) is 13.1 Å². The molecule has 114 valence electrons. The summed E-state index contributed by atoms with van der Waals surface area (Å²) in [6.45, 7) is 2.16. The van der Waals surface area contributed by atoms with Crippen LogP contribution in [0.5, 0.6) is 5.75 Å². The lowest BCUT2D eigenvalue weighted by Crippen LogP contribution is -2.27. The first-order valence-electron chi connectivity index (χ1n) is 6.12. The van der Waals surface area contributed by atoms with E-state index in [1.54, 1.807) is 37.3 Å². The number of halogens is 1. The van der Waals surface area contributed by atoms with Crippen molar-refractivity contribution in [1.82, 2.24) is 4.72 Å². The molecule has 0 unspecified atom stereocenters. The van der Waals surface area contributed by atoms with E-state index in [2.05, 4.69) is 4.72 Å². The standard InChI is InChI=1S/C13H15ClN2O3S2/c1-9-8-12(20-13(9)14)21(17,18)16-6-7-19-11-4-2-10(15)3-5-11/h2-5,8,16H,6-7,15H2,1H3. The molecule has 0 aliphatic rings. The largest absolute Gasteiger partial charge is 0.492 e. The predicted octanol–water partition coefficient (Wildman–Crippen LogP) is 2.65. The Bertz CT molecular complexity index is 692. The van der Waals surface area contributed by atoms with Crippen molar-refractivity contribution in [2.75, 3.05) is 18.9 Å². The highest BCUT2D eigenvalue weighted by Crippen LogP contribution is 2.29. The van der Waals surface area contributed by atoms with Crippen molar-refractivity contribution in [1.29, 1.82) is 0 Å². The molecule has 8 heteroatoms. The smallest absolute Gasteiger partial charge is 0.250 e. The molecular formula is C13H15ClN2O3S2. The Morgan fingerprint density at radius 2 is 2.00 bits per heavy atom. The van der Waals surface area contributed by atoms with Crippen molar-refractivity contribution in [3.8, 4) is 5.75 Å². The fourth-order valence-electron chi connectivity index (χ4n) is 1.54. The maximum Gasteiger partial charge on any atom is 0.250 e. The zero-order chi connectivity index (χ0) is 15.5. The molecule has 0 fully saturated rings. The zero-order valence-electron chi connectivity index (χ0n) is 11.3. The van der Waals surface area contributed by atoms with E-state index in [0.29, 0.717) is 15.8 Å². The van der Waals surface area contributed by atoms with Gasteiger partial charge in [-0.1, -0.05) is 11.6 Å². The summed E-state index contributed by atoms with van der Waals surface area (Å²) < 4.78 is 32.6. The Hall–Kier alpha value is -1.28. The molecule has 1 aromatic heterocycles. The number of rotatable bonds is 6. The van der Waals surface area contributed by atoms with Crippen LogP contribution in [0.25, 0.3) is 0 Å². The Morgan fingerprint density at radius 1 is 1.33 bits per heavy atom. The van der Waals surface area contributed by atoms with Gasteiger partial charge in [-0.3, -0.25) is 0 Å². The lowest BCUT2D eigenvalue weighted by Gasteiger charge is -2.07. The lowest BCUT2D eigenvalue weighted by molar-refractivity contribution is 0.323. The summed E-state index contributed by atoms with van der Waals surface area (Å²) in [5.74, 6) is 0.637. The van der Waals surface area contributed by atoms with E-state index in [-0.39, 0.29) is 17.4 Å². The van der Waals surface area contributed by atoms with E-state index in [4.69, 9.17) is 22.1 Å². The van der Waals surface area contributed by atoms with Gasteiger partial charge in [0.25, 0.3) is 0 Å². The number of aryl methyl sites for hydroxylation is 1. The van der Waals surface area contributed by atoms with Crippen molar-refractivity contribution in [3.63, 3.8) is 0 Å². The van der Waals surface area contributed by atoms with E-state index < -0.39 is 10.0 Å². The maximum atomic E-state index is 12.0. The van der Waals surface area contributed by atoms with Crippen LogP contribution in [-0.4, -0.2) is 21.6 Å². The second-order valence-electron chi connectivity index (χ2n) is 4.34. The van der Waals surface area contributed by atoms with E-state index >= 15 is 0 Å². The fourth-order valence-corrected chi connectivity index (χ4v) is 4.31. The van der Waals surface area contributed by atoms with Crippen LogP contribution < -0.4 is 15.2 Å². The molecule has 0 aliphatic heterocycles. The molecule has 0 saturated heterocycles. The molecule has 0 atom stereocenters. The van der Waals surface area contributed by atoms with Crippen LogP contribution in [0.1, 0.15) is 5.56 Å². The first kappa shape index (κ1) is 16.1. The van der Waals surface area contributed by atoms with Gasteiger partial charge < -0.3 is 10.5 Å². The van der Waals surface area contributed by atoms with Crippen LogP contribution >= 0.6 is 22.9 Å². The predicted molar refractivity (Wildman–Crippen MR) is 85.6 cm³/mol. The number of ether oxygens (including phenoxy) is 1. The molecule has 0 bridgehead atoms. The summed E-state index contributed by atoms with van der Waals surface area (Å²) in [6, 6.07) is 8.44. The summed E-state index contributed by atoms with van der Waals surface area (Å²) in [5, 5.41) is 0. The van der Waals surface area contributed by atoms with Crippen molar-refractivity contribution in [3.05, 3.63) is 40.2 Å². The van der Waals surface area contributed by atoms with Gasteiger partial charge in [0.15, 0.2) is 0 Å². The topological polar surface area (TPSA) is 81.4 Å². The van der Waals surface area contributed by atoms with Gasteiger partial charge in [-0.15, -0.1) is 11.3 Å². The monoisotopic (exact) mass is 346 g/mol. The molecule has 3 N–H and O–H groups in total. The van der Waals surface area contributed by atoms with Gasteiger partial charge in [0.1, 0.15) is 16.6 Å². The number of sulfonamides is 1. The van der Waals surface area contributed by atoms with Gasteiger partial charge in [0.05, 0.1) is 4.34 Å². The summed E-state index contributed by atoms with van der Waals surface area (Å²) in [5.41, 5.74) is 6.96. The van der Waals surface area contributed by atoms with E-state index in [0.717, 1.165) is 16.9 Å². The second kappa shape index (κ2) is 6.65. The molecule has 0 saturated carbocycles. The van der Waals surface area contributed by atoms with E-state index in [9.17, 15) is 8.42 Å². The van der Waals surface area contributed by atoms with E-state index in [1.165, 1.54) is 0 Å². The summed E-state index contributed by atoms with van der Waals surface area (Å²) in [6.07, 6.45) is 0. The lowest BCUT2D eigenvalue weighted by atomic mass is 10.3. The number of anilines is 1. The van der Waals surface area contributed by atoms with Gasteiger partial charge in [-0.2, -0.15) is 0 Å². The molecule has 0 amide bonds. The summed E-state index contributed by atoms with van der Waals surface area (Å²) in [7, 11) is -3.54. The highest BCUT2D eigenvalue weighted by Gasteiger charge is 2.17. The number of nitrogen functional groups attached to an aromatic ring is 1. The molecule has 0 aliphatic carbocycles. The van der Waals surface area contributed by atoms with Gasteiger partial charge in [0, 0.05) is 12.2 Å². The Kier molecular flexibility index (Phi) is 5.10. The Balaban J connectivity index is 1.86. The SMILES string of the molecule is Cc1cc(S(=O)(=O)NCCOc2ccc(N)cc2)sc1Cl. The van der Waals surface area contributed by atoms with Crippen LogP contribution in [0.4, 0.5) is 5.69 Å². The molecule has 21 heavy (non-hydrogen) atoms. The normalized spacial score (nSPS) is 11.5. The molecule has 1 heterocycles. The van der Waals surface area contributed by atoms with Gasteiger partial charge in [0.2, 0.25) is 10.0 Å². The maximum absolute atomic E-state index is 12.0. The average molecular weight is 347 g/mol. The summed E-state index contributed by atoms with van der Waals surface area (Å²) >= 11 is 6.92. The number of thiophene rings is 1. The minimum Gasteiger partial charge on any atom is -0.492 e. The number of hydrogen-bond acceptors (Lipinski definition) is 5. The van der Waals surface area contributed by atoms with Crippen molar-refractivity contribution in [2.45, 2.75) is 11.1 Å². The first-order chi connectivity index (χ1) is 9.88. The minimum absolute atomic E-state index is 0.168. The third-order valence-corrected chi connectivity index (χ3v) is 6.13. The molecule has 2 aromatic rings. The van der Waals surface area contributed by atoms with E-state index in [1.807, 2.05) is 0 Å². The summed E-state index contributed by atoms with van der Waals surface area (Å²) in [4.78, 5) is 0. The quantitative estimate of drug-likeness (QED) is 0.622. The van der Waals surface area contributed by atoms with Crippen LogP contribution in [0.3, 0.4) is 0 Å². The molecule has 0 radical (unpaired) electrons. The highest BCUT2D eigenvalue weighted by molar-refractivity contribution is 7.91. The highest BCUT2D eigenvalue weighted by atomic mass is 35.5. The van der Waals surface area contributed by atoms with Crippen molar-refractivity contribution < 1.29 is 13.2 Å². The third-order valence-electron chi connectivity index (χ3n) is 2.64. The minimum atomic E-state index is -3.54. The van der Waals surface area contributed by atoms with Gasteiger partial charge >= 0.3 is 0 Å². The number of hydrogen-bond donors (Lipinski definition) is 2. The second-order valence-corrected chi connectivity index (χ2v) is 7.99. The Labute approximate surface area is 132 Å². The van der Waals surface area contributed by atoms with Crippen LogP contribution in [0, 0.1) is 6.92 Å². The van der Waals surface area contributed by atoms with Crippen molar-refractivity contribution in [2.24, 2.45) is 0 Å². The molecular weight excluding hydrogens is 332 g/mol. The van der Waals surface area contributed by atoms with Crippen LogP contribution in [0.15, 0.2) is 34.5 Å².